The van der Waals surface area contributed by atoms with Crippen molar-refractivity contribution in [2.24, 2.45) is 5.92 Å². The third-order valence-electron chi connectivity index (χ3n) is 7.36. The zero-order valence-electron chi connectivity index (χ0n) is 23.0. The van der Waals surface area contributed by atoms with Crippen molar-refractivity contribution < 1.29 is 24.1 Å². The van der Waals surface area contributed by atoms with Crippen LogP contribution in [0.4, 0.5) is 0 Å². The van der Waals surface area contributed by atoms with Crippen LogP contribution in [0, 0.1) is 5.92 Å². The molecule has 1 aliphatic carbocycles. The Bertz CT molecular complexity index is 1180. The number of esters is 1. The van der Waals surface area contributed by atoms with E-state index in [9.17, 15) is 4.79 Å². The summed E-state index contributed by atoms with van der Waals surface area (Å²) in [5.74, 6) is 1.24. The van der Waals surface area contributed by atoms with Crippen LogP contribution in [0.15, 0.2) is 60.7 Å². The maximum absolute atomic E-state index is 13.7. The number of ether oxygens (including phenoxy) is 3. The molecule has 1 fully saturated rings. The molecule has 0 aliphatic heterocycles. The monoisotopic (exact) mass is 507 g/mol. The van der Waals surface area contributed by atoms with Crippen LogP contribution in [-0.4, -0.2) is 57.9 Å². The van der Waals surface area contributed by atoms with Crippen LogP contribution in [0.25, 0.3) is 10.8 Å². The van der Waals surface area contributed by atoms with Gasteiger partial charge in [-0.05, 0) is 86.4 Å². The topological polar surface area (TPSA) is 68.2 Å². The third-order valence-corrected chi connectivity index (χ3v) is 7.36. The fourth-order valence-electron chi connectivity index (χ4n) is 5.40. The van der Waals surface area contributed by atoms with E-state index in [1.807, 2.05) is 55.5 Å². The summed E-state index contributed by atoms with van der Waals surface area (Å²) in [5.41, 5.74) is 1.30. The number of nitrogens with zero attached hydrogens (tertiary/aromatic N) is 1. The van der Waals surface area contributed by atoms with E-state index in [2.05, 4.69) is 31.1 Å². The highest BCUT2D eigenvalue weighted by Crippen LogP contribution is 2.47. The number of aliphatic hydroxyl groups excluding tert-OH is 1. The lowest BCUT2D eigenvalue weighted by atomic mass is 9.70. The second-order valence-electron chi connectivity index (χ2n) is 9.94. The number of benzene rings is 3. The van der Waals surface area contributed by atoms with Crippen LogP contribution in [0.3, 0.4) is 0 Å². The number of fused-ring (bicyclic) bond motifs is 1. The first-order chi connectivity index (χ1) is 17.9. The van der Waals surface area contributed by atoms with Crippen molar-refractivity contribution >= 4 is 16.7 Å². The molecule has 3 aromatic carbocycles. The van der Waals surface area contributed by atoms with Crippen LogP contribution in [0.1, 0.15) is 49.7 Å². The summed E-state index contributed by atoms with van der Waals surface area (Å²) in [4.78, 5) is 15.9. The van der Waals surface area contributed by atoms with E-state index in [1.54, 1.807) is 14.2 Å². The molecule has 1 aliphatic rings. The van der Waals surface area contributed by atoms with Crippen molar-refractivity contribution in [2.75, 3.05) is 42.0 Å². The average molecular weight is 508 g/mol. The summed E-state index contributed by atoms with van der Waals surface area (Å²) in [7, 11) is 8.51. The zero-order chi connectivity index (χ0) is 27.0. The van der Waals surface area contributed by atoms with E-state index in [0.717, 1.165) is 72.7 Å². The van der Waals surface area contributed by atoms with Crippen molar-refractivity contribution in [3.63, 3.8) is 0 Å². The molecule has 0 saturated heterocycles. The molecule has 3 aromatic rings. The van der Waals surface area contributed by atoms with Crippen LogP contribution in [0.2, 0.25) is 0 Å². The lowest BCUT2D eigenvalue weighted by Gasteiger charge is -2.45. The predicted octanol–water partition coefficient (Wildman–Crippen LogP) is 5.76. The molecule has 4 rings (SSSR count). The van der Waals surface area contributed by atoms with E-state index >= 15 is 0 Å². The largest absolute Gasteiger partial charge is 0.497 e. The standard InChI is InChI=1S/C30H37NO4.CH4O/c1-21(22-12-13-24-18-28(34-5)15-14-23(24)17-22)29(32)35-30(25-10-8-11-27(19-25)33-4)16-7-6-9-26(30)20-31(2)3;1-2/h8,10-15,17-19,21,26H,6-7,9,16,20H2,1-5H3;2H,1H3/t21-,26+,30-;/m0./s1. The lowest BCUT2D eigenvalue weighted by Crippen LogP contribution is -2.47. The summed E-state index contributed by atoms with van der Waals surface area (Å²) in [6.45, 7) is 2.80. The number of aliphatic hydroxyl groups is 1. The molecule has 1 N–H and O–H groups in total. The Morgan fingerprint density at radius 2 is 1.65 bits per heavy atom. The second-order valence-corrected chi connectivity index (χ2v) is 9.94. The average Bonchev–Trinajstić information content (AvgIpc) is 2.93. The summed E-state index contributed by atoms with van der Waals surface area (Å²) in [5, 5.41) is 9.16. The summed E-state index contributed by atoms with van der Waals surface area (Å²) in [6.07, 6.45) is 4.01. The molecule has 0 unspecified atom stereocenters. The Labute approximate surface area is 221 Å². The SMILES string of the molecule is CO.COc1cccc([C@@]2(OC(=O)[C@@H](C)c3ccc4cc(OC)ccc4c3)CCCC[C@@H]2CN(C)C)c1. The van der Waals surface area contributed by atoms with Crippen molar-refractivity contribution in [2.45, 2.75) is 44.1 Å². The molecular weight excluding hydrogens is 466 g/mol. The fourth-order valence-corrected chi connectivity index (χ4v) is 5.40. The first-order valence-corrected chi connectivity index (χ1v) is 12.9. The first-order valence-electron chi connectivity index (χ1n) is 12.9. The minimum Gasteiger partial charge on any atom is -0.497 e. The van der Waals surface area contributed by atoms with Crippen LogP contribution >= 0.6 is 0 Å². The number of carbonyl (C=O) groups excluding carboxylic acids is 1. The molecule has 0 aromatic heterocycles. The molecule has 0 spiro atoms. The van der Waals surface area contributed by atoms with Gasteiger partial charge in [0.2, 0.25) is 0 Å². The molecule has 200 valence electrons. The predicted molar refractivity (Wildman–Crippen MR) is 148 cm³/mol. The van der Waals surface area contributed by atoms with E-state index in [0.29, 0.717) is 0 Å². The molecular formula is C31H41NO5. The van der Waals surface area contributed by atoms with Gasteiger partial charge in [-0.3, -0.25) is 4.79 Å². The van der Waals surface area contributed by atoms with E-state index in [-0.39, 0.29) is 17.8 Å². The summed E-state index contributed by atoms with van der Waals surface area (Å²) in [6, 6.07) is 20.2. The minimum atomic E-state index is -0.674. The van der Waals surface area contributed by atoms with Gasteiger partial charge >= 0.3 is 5.97 Å². The van der Waals surface area contributed by atoms with Gasteiger partial charge in [-0.1, -0.05) is 42.8 Å². The quantitative estimate of drug-likeness (QED) is 0.391. The van der Waals surface area contributed by atoms with Gasteiger partial charge in [0.25, 0.3) is 0 Å². The molecule has 6 nitrogen and oxygen atoms in total. The number of rotatable bonds is 8. The van der Waals surface area contributed by atoms with Gasteiger partial charge in [-0.25, -0.2) is 0 Å². The minimum absolute atomic E-state index is 0.189. The van der Waals surface area contributed by atoms with Crippen molar-refractivity contribution in [1.29, 1.82) is 0 Å². The van der Waals surface area contributed by atoms with E-state index in [4.69, 9.17) is 19.3 Å². The molecule has 0 bridgehead atoms. The molecule has 3 atom stereocenters. The number of methoxy groups -OCH3 is 2. The summed E-state index contributed by atoms with van der Waals surface area (Å²) < 4.78 is 17.5. The van der Waals surface area contributed by atoms with Crippen LogP contribution in [0.5, 0.6) is 11.5 Å². The van der Waals surface area contributed by atoms with Gasteiger partial charge in [-0.2, -0.15) is 0 Å². The molecule has 0 amide bonds. The Kier molecular flexibility index (Phi) is 9.95. The Hall–Kier alpha value is -3.09. The second kappa shape index (κ2) is 12.9. The van der Waals surface area contributed by atoms with Gasteiger partial charge in [0.05, 0.1) is 20.1 Å². The van der Waals surface area contributed by atoms with Gasteiger partial charge in [0, 0.05) is 19.6 Å². The normalized spacial score (nSPS) is 20.1. The van der Waals surface area contributed by atoms with Gasteiger partial charge in [0.1, 0.15) is 17.1 Å². The van der Waals surface area contributed by atoms with Crippen molar-refractivity contribution in [1.82, 2.24) is 4.90 Å². The maximum Gasteiger partial charge on any atom is 0.314 e. The number of carbonyl (C=O) groups is 1. The number of hydrogen-bond donors (Lipinski definition) is 1. The molecule has 6 heteroatoms. The Morgan fingerprint density at radius 1 is 0.973 bits per heavy atom. The summed E-state index contributed by atoms with van der Waals surface area (Å²) >= 11 is 0. The molecule has 1 saturated carbocycles. The van der Waals surface area contributed by atoms with Crippen molar-refractivity contribution in [3.05, 3.63) is 71.8 Å². The molecule has 0 radical (unpaired) electrons. The fraction of sp³-hybridized carbons (Fsp3) is 0.452. The Morgan fingerprint density at radius 3 is 2.35 bits per heavy atom. The lowest BCUT2D eigenvalue weighted by molar-refractivity contribution is -0.176. The molecule has 0 heterocycles. The van der Waals surface area contributed by atoms with Gasteiger partial charge < -0.3 is 24.2 Å². The van der Waals surface area contributed by atoms with Crippen LogP contribution < -0.4 is 9.47 Å². The highest BCUT2D eigenvalue weighted by Gasteiger charge is 2.46. The van der Waals surface area contributed by atoms with Crippen molar-refractivity contribution in [3.8, 4) is 11.5 Å². The van der Waals surface area contributed by atoms with Gasteiger partial charge in [-0.15, -0.1) is 0 Å². The third kappa shape index (κ3) is 6.43. The van der Waals surface area contributed by atoms with E-state index < -0.39 is 5.60 Å². The Balaban J connectivity index is 0.00000186. The van der Waals surface area contributed by atoms with Gasteiger partial charge in [0.15, 0.2) is 0 Å². The zero-order valence-corrected chi connectivity index (χ0v) is 23.0. The van der Waals surface area contributed by atoms with E-state index in [1.165, 1.54) is 0 Å². The van der Waals surface area contributed by atoms with Crippen LogP contribution in [-0.2, 0) is 15.1 Å². The highest BCUT2D eigenvalue weighted by atomic mass is 16.6. The highest BCUT2D eigenvalue weighted by molar-refractivity contribution is 5.87. The molecule has 37 heavy (non-hydrogen) atoms. The number of hydrogen-bond acceptors (Lipinski definition) is 6. The maximum atomic E-state index is 13.7. The first kappa shape index (κ1) is 28.5. The smallest absolute Gasteiger partial charge is 0.314 e.